The molecule has 0 radical (unpaired) electrons. The van der Waals surface area contributed by atoms with Crippen LogP contribution in [0.2, 0.25) is 5.02 Å². The largest absolute Gasteiger partial charge is 0.484 e. The quantitative estimate of drug-likeness (QED) is 0.914. The second kappa shape index (κ2) is 6.23. The smallest absolute Gasteiger partial charge is 0.137 e. The van der Waals surface area contributed by atoms with Crippen molar-refractivity contribution < 1.29 is 4.74 Å². The average Bonchev–Trinajstić information content (AvgIpc) is 2.37. The Morgan fingerprint density at radius 2 is 1.94 bits per heavy atom. The van der Waals surface area contributed by atoms with Crippen LogP contribution in [-0.4, -0.2) is 6.54 Å². The van der Waals surface area contributed by atoms with Gasteiger partial charge in [-0.3, -0.25) is 0 Å². The second-order valence-corrected chi connectivity index (χ2v) is 5.14. The molecule has 0 aliphatic heterocycles. The number of hydrogen-bond acceptors (Lipinski definition) is 2. The zero-order valence-electron chi connectivity index (χ0n) is 9.64. The molecule has 0 aliphatic carbocycles. The minimum absolute atomic E-state index is 0.243. The van der Waals surface area contributed by atoms with E-state index in [1.54, 1.807) is 0 Å². The van der Waals surface area contributed by atoms with E-state index in [1.165, 1.54) is 0 Å². The van der Waals surface area contributed by atoms with E-state index in [-0.39, 0.29) is 6.10 Å². The van der Waals surface area contributed by atoms with Gasteiger partial charge in [0.1, 0.15) is 11.9 Å². The van der Waals surface area contributed by atoms with Crippen molar-refractivity contribution in [3.8, 4) is 5.75 Å². The van der Waals surface area contributed by atoms with E-state index < -0.39 is 0 Å². The third-order valence-corrected chi connectivity index (χ3v) is 3.38. The maximum atomic E-state index is 6.15. The van der Waals surface area contributed by atoms with Crippen LogP contribution < -0.4 is 10.5 Å². The third kappa shape index (κ3) is 3.25. The summed E-state index contributed by atoms with van der Waals surface area (Å²) in [5, 5.41) is 0.669. The van der Waals surface area contributed by atoms with Gasteiger partial charge in [0.15, 0.2) is 0 Å². The predicted molar refractivity (Wildman–Crippen MR) is 78.0 cm³/mol. The van der Waals surface area contributed by atoms with Gasteiger partial charge < -0.3 is 10.5 Å². The van der Waals surface area contributed by atoms with Crippen LogP contribution in [0.5, 0.6) is 5.75 Å². The maximum absolute atomic E-state index is 6.15. The number of rotatable bonds is 4. The van der Waals surface area contributed by atoms with E-state index in [0.717, 1.165) is 15.8 Å². The normalized spacial score (nSPS) is 12.2. The monoisotopic (exact) mass is 325 g/mol. The fourth-order valence-electron chi connectivity index (χ4n) is 1.68. The summed E-state index contributed by atoms with van der Waals surface area (Å²) in [6, 6.07) is 15.2. The van der Waals surface area contributed by atoms with E-state index in [9.17, 15) is 0 Å². The lowest BCUT2D eigenvalue weighted by Gasteiger charge is -2.19. The Morgan fingerprint density at radius 1 is 1.17 bits per heavy atom. The van der Waals surface area contributed by atoms with Crippen molar-refractivity contribution in [2.24, 2.45) is 5.73 Å². The van der Waals surface area contributed by atoms with Crippen molar-refractivity contribution in [1.82, 2.24) is 0 Å². The molecule has 0 amide bonds. The van der Waals surface area contributed by atoms with Crippen LogP contribution in [0, 0.1) is 0 Å². The first-order valence-corrected chi connectivity index (χ1v) is 6.74. The highest BCUT2D eigenvalue weighted by Gasteiger charge is 2.14. The Labute approximate surface area is 120 Å². The molecular weight excluding hydrogens is 314 g/mol. The summed E-state index contributed by atoms with van der Waals surface area (Å²) in [7, 11) is 0. The highest BCUT2D eigenvalue weighted by atomic mass is 79.9. The van der Waals surface area contributed by atoms with Crippen LogP contribution >= 0.6 is 27.5 Å². The summed E-state index contributed by atoms with van der Waals surface area (Å²) < 4.78 is 6.84. The molecule has 0 saturated heterocycles. The van der Waals surface area contributed by atoms with Gasteiger partial charge in [-0.05, 0) is 24.3 Å². The third-order valence-electron chi connectivity index (χ3n) is 2.54. The maximum Gasteiger partial charge on any atom is 0.137 e. The Hall–Kier alpha value is -1.03. The molecule has 1 atom stereocenters. The number of halogens is 2. The summed E-state index contributed by atoms with van der Waals surface area (Å²) in [4.78, 5) is 0. The Morgan fingerprint density at radius 3 is 2.61 bits per heavy atom. The number of hydrogen-bond donors (Lipinski definition) is 1. The lowest BCUT2D eigenvalue weighted by Crippen LogP contribution is -2.18. The summed E-state index contributed by atoms with van der Waals surface area (Å²) in [6.07, 6.45) is -0.243. The van der Waals surface area contributed by atoms with Gasteiger partial charge in [0, 0.05) is 21.6 Å². The molecule has 18 heavy (non-hydrogen) atoms. The fraction of sp³-hybridized carbons (Fsp3) is 0.143. The molecule has 0 saturated carbocycles. The van der Waals surface area contributed by atoms with E-state index >= 15 is 0 Å². The molecule has 0 bridgehead atoms. The molecule has 0 aromatic heterocycles. The van der Waals surface area contributed by atoms with Gasteiger partial charge in [0.2, 0.25) is 0 Å². The van der Waals surface area contributed by atoms with E-state index in [1.807, 2.05) is 48.5 Å². The summed E-state index contributed by atoms with van der Waals surface area (Å²) in [5.74, 6) is 0.764. The van der Waals surface area contributed by atoms with Gasteiger partial charge in [-0.15, -0.1) is 0 Å². The standard InChI is InChI=1S/C14H13BrClNO/c15-10-4-3-5-11(8-10)18-14(9-17)12-6-1-2-7-13(12)16/h1-8,14H,9,17H2. The molecule has 2 nitrogen and oxygen atoms in total. The van der Waals surface area contributed by atoms with Crippen molar-refractivity contribution in [3.05, 3.63) is 63.6 Å². The van der Waals surface area contributed by atoms with Crippen LogP contribution in [0.1, 0.15) is 11.7 Å². The van der Waals surface area contributed by atoms with Crippen LogP contribution in [0.4, 0.5) is 0 Å². The summed E-state index contributed by atoms with van der Waals surface area (Å²) in [5.41, 5.74) is 6.67. The van der Waals surface area contributed by atoms with Crippen LogP contribution in [0.3, 0.4) is 0 Å². The number of nitrogens with two attached hydrogens (primary N) is 1. The molecule has 0 heterocycles. The predicted octanol–water partition coefficient (Wildman–Crippen LogP) is 4.18. The number of benzene rings is 2. The molecule has 2 N–H and O–H groups in total. The van der Waals surface area contributed by atoms with Gasteiger partial charge in [-0.1, -0.05) is 51.8 Å². The van der Waals surface area contributed by atoms with Crippen LogP contribution in [-0.2, 0) is 0 Å². The molecule has 0 spiro atoms. The van der Waals surface area contributed by atoms with Crippen molar-refractivity contribution in [2.45, 2.75) is 6.10 Å². The van der Waals surface area contributed by atoms with Gasteiger partial charge in [-0.25, -0.2) is 0 Å². The summed E-state index contributed by atoms with van der Waals surface area (Å²) >= 11 is 9.56. The first kappa shape index (κ1) is 13.4. The van der Waals surface area contributed by atoms with Crippen molar-refractivity contribution in [1.29, 1.82) is 0 Å². The van der Waals surface area contributed by atoms with Crippen LogP contribution in [0.15, 0.2) is 53.0 Å². The van der Waals surface area contributed by atoms with E-state index in [2.05, 4.69) is 15.9 Å². The highest BCUT2D eigenvalue weighted by Crippen LogP contribution is 2.28. The first-order chi connectivity index (χ1) is 8.70. The van der Waals surface area contributed by atoms with E-state index in [4.69, 9.17) is 22.1 Å². The molecule has 2 rings (SSSR count). The van der Waals surface area contributed by atoms with Crippen molar-refractivity contribution in [3.63, 3.8) is 0 Å². The molecule has 0 aliphatic rings. The topological polar surface area (TPSA) is 35.2 Å². The highest BCUT2D eigenvalue weighted by molar-refractivity contribution is 9.10. The lowest BCUT2D eigenvalue weighted by atomic mass is 10.1. The Kier molecular flexibility index (Phi) is 4.64. The minimum Gasteiger partial charge on any atom is -0.484 e. The SMILES string of the molecule is NCC(Oc1cccc(Br)c1)c1ccccc1Cl. The van der Waals surface area contributed by atoms with Gasteiger partial charge in [-0.2, -0.15) is 0 Å². The second-order valence-electron chi connectivity index (χ2n) is 3.82. The zero-order chi connectivity index (χ0) is 13.0. The fourth-order valence-corrected chi connectivity index (χ4v) is 2.32. The van der Waals surface area contributed by atoms with Gasteiger partial charge >= 0.3 is 0 Å². The lowest BCUT2D eigenvalue weighted by molar-refractivity contribution is 0.214. The van der Waals surface area contributed by atoms with E-state index in [0.29, 0.717) is 11.6 Å². The molecule has 2 aromatic carbocycles. The Balaban J connectivity index is 2.23. The Bertz CT molecular complexity index is 533. The average molecular weight is 327 g/mol. The van der Waals surface area contributed by atoms with Crippen LogP contribution in [0.25, 0.3) is 0 Å². The molecule has 94 valence electrons. The van der Waals surface area contributed by atoms with Crippen molar-refractivity contribution in [2.75, 3.05) is 6.54 Å². The first-order valence-electron chi connectivity index (χ1n) is 5.57. The molecule has 2 aromatic rings. The zero-order valence-corrected chi connectivity index (χ0v) is 12.0. The molecular formula is C14H13BrClNO. The van der Waals surface area contributed by atoms with Gasteiger partial charge in [0.05, 0.1) is 0 Å². The van der Waals surface area contributed by atoms with Gasteiger partial charge in [0.25, 0.3) is 0 Å². The summed E-state index contributed by atoms with van der Waals surface area (Å²) in [6.45, 7) is 0.371. The molecule has 0 fully saturated rings. The number of ether oxygens (including phenoxy) is 1. The molecule has 1 unspecified atom stereocenters. The van der Waals surface area contributed by atoms with Crippen molar-refractivity contribution >= 4 is 27.5 Å². The minimum atomic E-state index is -0.243. The molecule has 4 heteroatoms.